The van der Waals surface area contributed by atoms with Crippen LogP contribution in [0, 0.1) is 0 Å². The Morgan fingerprint density at radius 2 is 2.37 bits per heavy atom. The first-order valence-electron chi connectivity index (χ1n) is 5.98. The zero-order valence-corrected chi connectivity index (χ0v) is 11.1. The molecule has 0 bridgehead atoms. The number of hydrogen-bond acceptors (Lipinski definition) is 4. The van der Waals surface area contributed by atoms with Gasteiger partial charge in [0.05, 0.1) is 5.56 Å². The zero-order chi connectivity index (χ0) is 14.0. The van der Waals surface area contributed by atoms with Crippen molar-refractivity contribution in [2.45, 2.75) is 19.4 Å². The third-order valence-electron chi connectivity index (χ3n) is 3.04. The molecule has 1 aromatic heterocycles. The molecule has 1 unspecified atom stereocenters. The Morgan fingerprint density at radius 3 is 3.00 bits per heavy atom. The van der Waals surface area contributed by atoms with Gasteiger partial charge in [0.15, 0.2) is 0 Å². The summed E-state index contributed by atoms with van der Waals surface area (Å²) in [6, 6.07) is 2.38. The Bertz CT molecular complexity index is 521. The Hall–Kier alpha value is -1.82. The molecule has 0 radical (unpaired) electrons. The van der Waals surface area contributed by atoms with E-state index in [1.54, 1.807) is 4.90 Å². The van der Waals surface area contributed by atoms with Crippen LogP contribution in [-0.4, -0.2) is 41.1 Å². The average molecular weight is 284 g/mol. The van der Waals surface area contributed by atoms with Crippen molar-refractivity contribution >= 4 is 29.3 Å². The normalized spacial score (nSPS) is 19.2. The number of hydrogen-bond donors (Lipinski definition) is 2. The molecule has 2 heterocycles. The first kappa shape index (κ1) is 13.6. The molecule has 0 saturated carbocycles. The molecule has 0 spiro atoms. The number of rotatable bonds is 3. The molecule has 2 N–H and O–H groups in total. The van der Waals surface area contributed by atoms with E-state index in [0.29, 0.717) is 25.3 Å². The van der Waals surface area contributed by atoms with Crippen molar-refractivity contribution in [2.75, 3.05) is 18.0 Å². The van der Waals surface area contributed by atoms with Crippen LogP contribution in [0.4, 0.5) is 5.82 Å². The number of anilines is 1. The number of nitrogens with one attached hydrogen (secondary N) is 1. The molecule has 1 fully saturated rings. The molecule has 1 atom stereocenters. The first-order chi connectivity index (χ1) is 9.02. The van der Waals surface area contributed by atoms with Gasteiger partial charge in [-0.3, -0.25) is 4.79 Å². The van der Waals surface area contributed by atoms with Crippen molar-refractivity contribution in [2.24, 2.45) is 0 Å². The Morgan fingerprint density at radius 1 is 1.63 bits per heavy atom. The number of pyridine rings is 1. The maximum atomic E-state index is 11.8. The summed E-state index contributed by atoms with van der Waals surface area (Å²) in [6.45, 7) is 2.98. The van der Waals surface area contributed by atoms with E-state index in [-0.39, 0.29) is 22.7 Å². The standard InChI is InChI=1S/C12H14ClN3O3/c1-2-8-11(17)14-3-4-16(8)10-6-7(12(18)19)5-9(13)15-10/h5-6,8H,2-4H2,1H3,(H,14,17)(H,18,19). The lowest BCUT2D eigenvalue weighted by Gasteiger charge is -2.35. The number of carboxylic acids is 1. The van der Waals surface area contributed by atoms with Crippen LogP contribution in [-0.2, 0) is 4.79 Å². The molecular formula is C12H14ClN3O3. The molecule has 6 nitrogen and oxygen atoms in total. The fraction of sp³-hybridized carbons (Fsp3) is 0.417. The highest BCUT2D eigenvalue weighted by atomic mass is 35.5. The maximum absolute atomic E-state index is 11.8. The number of carboxylic acid groups (broad SMARTS) is 1. The third kappa shape index (κ3) is 2.78. The topological polar surface area (TPSA) is 82.5 Å². The minimum Gasteiger partial charge on any atom is -0.478 e. The molecule has 19 heavy (non-hydrogen) atoms. The maximum Gasteiger partial charge on any atom is 0.335 e. The molecule has 1 aromatic rings. The van der Waals surface area contributed by atoms with Crippen molar-refractivity contribution < 1.29 is 14.7 Å². The highest BCUT2D eigenvalue weighted by Crippen LogP contribution is 2.22. The van der Waals surface area contributed by atoms with E-state index >= 15 is 0 Å². The van der Waals surface area contributed by atoms with Crippen molar-refractivity contribution in [3.05, 3.63) is 22.8 Å². The van der Waals surface area contributed by atoms with Crippen LogP contribution in [0.15, 0.2) is 12.1 Å². The average Bonchev–Trinajstić information content (AvgIpc) is 2.37. The van der Waals surface area contributed by atoms with Gasteiger partial charge in [0.2, 0.25) is 5.91 Å². The number of carbonyl (C=O) groups is 2. The molecule has 0 aromatic carbocycles. The minimum absolute atomic E-state index is 0.0656. The number of aromatic nitrogens is 1. The number of amides is 1. The van der Waals surface area contributed by atoms with Gasteiger partial charge < -0.3 is 15.3 Å². The second-order valence-electron chi connectivity index (χ2n) is 4.25. The van der Waals surface area contributed by atoms with E-state index in [9.17, 15) is 9.59 Å². The van der Waals surface area contributed by atoms with Gasteiger partial charge in [-0.1, -0.05) is 18.5 Å². The van der Waals surface area contributed by atoms with Crippen LogP contribution in [0.25, 0.3) is 0 Å². The summed E-state index contributed by atoms with van der Waals surface area (Å²) in [5, 5.41) is 11.9. The van der Waals surface area contributed by atoms with E-state index in [4.69, 9.17) is 16.7 Å². The van der Waals surface area contributed by atoms with Gasteiger partial charge in [-0.05, 0) is 18.6 Å². The van der Waals surface area contributed by atoms with Crippen molar-refractivity contribution in [3.8, 4) is 0 Å². The number of carbonyl (C=O) groups excluding carboxylic acids is 1. The van der Waals surface area contributed by atoms with Gasteiger partial charge >= 0.3 is 5.97 Å². The van der Waals surface area contributed by atoms with Gasteiger partial charge in [0.1, 0.15) is 17.0 Å². The highest BCUT2D eigenvalue weighted by molar-refractivity contribution is 6.29. The van der Waals surface area contributed by atoms with Crippen LogP contribution in [0.1, 0.15) is 23.7 Å². The number of aromatic carboxylic acids is 1. The summed E-state index contributed by atoms with van der Waals surface area (Å²) in [7, 11) is 0. The Balaban J connectivity index is 2.39. The molecule has 7 heteroatoms. The molecule has 102 valence electrons. The molecular weight excluding hydrogens is 270 g/mol. The van der Waals surface area contributed by atoms with Gasteiger partial charge in [-0.2, -0.15) is 0 Å². The van der Waals surface area contributed by atoms with Crippen LogP contribution in [0.2, 0.25) is 5.15 Å². The lowest BCUT2D eigenvalue weighted by Crippen LogP contribution is -2.55. The fourth-order valence-corrected chi connectivity index (χ4v) is 2.35. The van der Waals surface area contributed by atoms with Gasteiger partial charge in [0, 0.05) is 13.1 Å². The smallest absolute Gasteiger partial charge is 0.335 e. The largest absolute Gasteiger partial charge is 0.478 e. The zero-order valence-electron chi connectivity index (χ0n) is 10.4. The van der Waals surface area contributed by atoms with Crippen molar-refractivity contribution in [1.29, 1.82) is 0 Å². The highest BCUT2D eigenvalue weighted by Gasteiger charge is 2.29. The van der Waals surface area contributed by atoms with E-state index in [2.05, 4.69) is 10.3 Å². The predicted octanol–water partition coefficient (Wildman–Crippen LogP) is 1.15. The SMILES string of the molecule is CCC1C(=O)NCCN1c1cc(C(=O)O)cc(Cl)n1. The van der Waals surface area contributed by atoms with Crippen molar-refractivity contribution in [1.82, 2.24) is 10.3 Å². The first-order valence-corrected chi connectivity index (χ1v) is 6.36. The quantitative estimate of drug-likeness (QED) is 0.813. The molecule has 2 rings (SSSR count). The third-order valence-corrected chi connectivity index (χ3v) is 3.23. The summed E-state index contributed by atoms with van der Waals surface area (Å²) in [6.07, 6.45) is 0.614. The minimum atomic E-state index is -1.07. The fourth-order valence-electron chi connectivity index (χ4n) is 2.15. The molecule has 0 aliphatic carbocycles. The number of nitrogens with zero attached hydrogens (tertiary/aromatic N) is 2. The van der Waals surface area contributed by atoms with Gasteiger partial charge in [0.25, 0.3) is 0 Å². The summed E-state index contributed by atoms with van der Waals surface area (Å²) in [5.74, 6) is -0.723. The molecule has 1 amide bonds. The van der Waals surface area contributed by atoms with E-state index < -0.39 is 5.97 Å². The van der Waals surface area contributed by atoms with Gasteiger partial charge in [-0.15, -0.1) is 0 Å². The lowest BCUT2D eigenvalue weighted by molar-refractivity contribution is -0.123. The predicted molar refractivity (Wildman–Crippen MR) is 70.6 cm³/mol. The number of halogens is 1. The summed E-state index contributed by atoms with van der Waals surface area (Å²) >= 11 is 5.84. The van der Waals surface area contributed by atoms with E-state index in [1.807, 2.05) is 6.92 Å². The Labute approximate surface area is 115 Å². The molecule has 1 aliphatic rings. The summed E-state index contributed by atoms with van der Waals surface area (Å²) < 4.78 is 0. The van der Waals surface area contributed by atoms with Crippen molar-refractivity contribution in [3.63, 3.8) is 0 Å². The van der Waals surface area contributed by atoms with Crippen LogP contribution >= 0.6 is 11.6 Å². The molecule has 1 aliphatic heterocycles. The summed E-state index contributed by atoms with van der Waals surface area (Å²) in [5.41, 5.74) is 0.0656. The Kier molecular flexibility index (Phi) is 3.90. The molecule has 1 saturated heterocycles. The second kappa shape index (κ2) is 5.44. The van der Waals surface area contributed by atoms with Crippen LogP contribution in [0.5, 0.6) is 0 Å². The monoisotopic (exact) mass is 283 g/mol. The lowest BCUT2D eigenvalue weighted by atomic mass is 10.1. The van der Waals surface area contributed by atoms with E-state index in [0.717, 1.165) is 0 Å². The van der Waals surface area contributed by atoms with Crippen LogP contribution in [0.3, 0.4) is 0 Å². The second-order valence-corrected chi connectivity index (χ2v) is 4.64. The van der Waals surface area contributed by atoms with Crippen LogP contribution < -0.4 is 10.2 Å². The van der Waals surface area contributed by atoms with E-state index in [1.165, 1.54) is 12.1 Å². The van der Waals surface area contributed by atoms with Gasteiger partial charge in [-0.25, -0.2) is 9.78 Å². The number of piperazine rings is 1. The summed E-state index contributed by atoms with van der Waals surface area (Å²) in [4.78, 5) is 28.7.